The standard InChI is InChI=1S/C23H22N6O2/c1-14-12-15(2)25-23(24-14)27-17-7-5-6-16(13-17)26-21(30)11-10-20-22(31)29-19-9-4-3-8-18(19)28-20/h3-9,12-13H,10-11H2,1-2H3,(H,26,30)(H,29,31)(H,24,25,27). The van der Waals surface area contributed by atoms with Crippen molar-refractivity contribution in [3.63, 3.8) is 0 Å². The van der Waals surface area contributed by atoms with Crippen molar-refractivity contribution in [2.45, 2.75) is 26.7 Å². The summed E-state index contributed by atoms with van der Waals surface area (Å²) in [5.74, 6) is 0.303. The van der Waals surface area contributed by atoms with Gasteiger partial charge in [0, 0.05) is 35.6 Å². The number of hydrogen-bond acceptors (Lipinski definition) is 6. The van der Waals surface area contributed by atoms with E-state index in [1.165, 1.54) is 0 Å². The molecule has 8 nitrogen and oxygen atoms in total. The van der Waals surface area contributed by atoms with Gasteiger partial charge in [0.05, 0.1) is 11.0 Å². The average Bonchev–Trinajstić information content (AvgIpc) is 2.71. The molecule has 31 heavy (non-hydrogen) atoms. The van der Waals surface area contributed by atoms with Crippen molar-refractivity contribution in [1.82, 2.24) is 19.9 Å². The Hall–Kier alpha value is -4.07. The zero-order valence-corrected chi connectivity index (χ0v) is 17.3. The minimum absolute atomic E-state index is 0.145. The lowest BCUT2D eigenvalue weighted by Crippen LogP contribution is -2.19. The van der Waals surface area contributed by atoms with E-state index in [1.807, 2.05) is 50.2 Å². The molecule has 0 radical (unpaired) electrons. The molecule has 4 rings (SSSR count). The topological polar surface area (TPSA) is 113 Å². The first-order valence-electron chi connectivity index (χ1n) is 9.93. The van der Waals surface area contributed by atoms with E-state index >= 15 is 0 Å². The minimum atomic E-state index is -0.272. The molecule has 0 aliphatic carbocycles. The van der Waals surface area contributed by atoms with Crippen LogP contribution < -0.4 is 16.2 Å². The summed E-state index contributed by atoms with van der Waals surface area (Å²) in [6, 6.07) is 16.5. The maximum absolute atomic E-state index is 12.4. The third-order valence-electron chi connectivity index (χ3n) is 4.64. The summed E-state index contributed by atoms with van der Waals surface area (Å²) in [5, 5.41) is 6.01. The van der Waals surface area contributed by atoms with Gasteiger partial charge in [-0.15, -0.1) is 0 Å². The molecule has 0 saturated heterocycles. The molecule has 0 aliphatic rings. The van der Waals surface area contributed by atoms with Crippen molar-refractivity contribution in [2.75, 3.05) is 10.6 Å². The molecule has 2 aromatic heterocycles. The number of benzene rings is 2. The van der Waals surface area contributed by atoms with Crippen LogP contribution in [0, 0.1) is 13.8 Å². The number of carbonyl (C=O) groups is 1. The Morgan fingerprint density at radius 3 is 2.48 bits per heavy atom. The monoisotopic (exact) mass is 414 g/mol. The number of aryl methyl sites for hydroxylation is 3. The number of aromatic amines is 1. The Balaban J connectivity index is 1.40. The third-order valence-corrected chi connectivity index (χ3v) is 4.64. The van der Waals surface area contributed by atoms with Crippen LogP contribution in [0.2, 0.25) is 0 Å². The van der Waals surface area contributed by atoms with Crippen LogP contribution in [0.4, 0.5) is 17.3 Å². The van der Waals surface area contributed by atoms with Crippen LogP contribution in [0.25, 0.3) is 11.0 Å². The number of fused-ring (bicyclic) bond motifs is 1. The van der Waals surface area contributed by atoms with Crippen LogP contribution in [0.1, 0.15) is 23.5 Å². The lowest BCUT2D eigenvalue weighted by molar-refractivity contribution is -0.116. The van der Waals surface area contributed by atoms with Gasteiger partial charge >= 0.3 is 0 Å². The second kappa shape index (κ2) is 8.74. The third kappa shape index (κ3) is 5.11. The molecular formula is C23H22N6O2. The van der Waals surface area contributed by atoms with Gasteiger partial charge in [-0.2, -0.15) is 0 Å². The van der Waals surface area contributed by atoms with E-state index < -0.39 is 0 Å². The van der Waals surface area contributed by atoms with Gasteiger partial charge in [0.1, 0.15) is 5.69 Å². The highest BCUT2D eigenvalue weighted by molar-refractivity contribution is 5.91. The maximum Gasteiger partial charge on any atom is 0.270 e. The summed E-state index contributed by atoms with van der Waals surface area (Å²) in [6.45, 7) is 3.82. The second-order valence-corrected chi connectivity index (χ2v) is 7.26. The number of H-pyrrole nitrogens is 1. The molecule has 0 atom stereocenters. The highest BCUT2D eigenvalue weighted by atomic mass is 16.1. The first kappa shape index (κ1) is 20.2. The van der Waals surface area contributed by atoms with E-state index in [9.17, 15) is 9.59 Å². The summed E-state index contributed by atoms with van der Waals surface area (Å²) in [7, 11) is 0. The quantitative estimate of drug-likeness (QED) is 0.444. The van der Waals surface area contributed by atoms with Gasteiger partial charge in [-0.25, -0.2) is 15.0 Å². The number of para-hydroxylation sites is 2. The lowest BCUT2D eigenvalue weighted by Gasteiger charge is -2.09. The SMILES string of the molecule is Cc1cc(C)nc(Nc2cccc(NC(=O)CCc3nc4ccccc4[nH]c3=O)c2)n1. The molecule has 156 valence electrons. The number of rotatable bonds is 6. The maximum atomic E-state index is 12.4. The van der Waals surface area contributed by atoms with E-state index in [0.717, 1.165) is 17.1 Å². The Morgan fingerprint density at radius 2 is 1.68 bits per heavy atom. The van der Waals surface area contributed by atoms with E-state index in [1.54, 1.807) is 18.2 Å². The van der Waals surface area contributed by atoms with Crippen LogP contribution in [0.5, 0.6) is 0 Å². The van der Waals surface area contributed by atoms with Crippen molar-refractivity contribution in [1.29, 1.82) is 0 Å². The fourth-order valence-electron chi connectivity index (χ4n) is 3.28. The van der Waals surface area contributed by atoms with Gasteiger partial charge in [0.2, 0.25) is 11.9 Å². The van der Waals surface area contributed by atoms with E-state index in [4.69, 9.17) is 0 Å². The van der Waals surface area contributed by atoms with Crippen molar-refractivity contribution in [3.05, 3.63) is 82.0 Å². The predicted octanol–water partition coefficient (Wildman–Crippen LogP) is 3.64. The number of hydrogen-bond donors (Lipinski definition) is 3. The predicted molar refractivity (Wildman–Crippen MR) is 121 cm³/mol. The largest absolute Gasteiger partial charge is 0.326 e. The smallest absolute Gasteiger partial charge is 0.270 e. The molecule has 8 heteroatoms. The number of anilines is 3. The van der Waals surface area contributed by atoms with Gasteiger partial charge in [-0.1, -0.05) is 18.2 Å². The molecule has 2 heterocycles. The van der Waals surface area contributed by atoms with Crippen LogP contribution in [0.15, 0.2) is 59.4 Å². The second-order valence-electron chi connectivity index (χ2n) is 7.26. The molecule has 0 saturated carbocycles. The summed E-state index contributed by atoms with van der Waals surface area (Å²) < 4.78 is 0. The molecule has 3 N–H and O–H groups in total. The summed E-state index contributed by atoms with van der Waals surface area (Å²) >= 11 is 0. The van der Waals surface area contributed by atoms with Crippen molar-refractivity contribution in [2.24, 2.45) is 0 Å². The normalized spacial score (nSPS) is 10.8. The number of amides is 1. The first-order chi connectivity index (χ1) is 15.0. The number of nitrogens with one attached hydrogen (secondary N) is 3. The molecule has 1 amide bonds. The molecule has 0 bridgehead atoms. The van der Waals surface area contributed by atoms with Crippen LogP contribution in [0.3, 0.4) is 0 Å². The van der Waals surface area contributed by atoms with E-state index in [0.29, 0.717) is 28.4 Å². The Bertz CT molecular complexity index is 1290. The molecular weight excluding hydrogens is 392 g/mol. The van der Waals surface area contributed by atoms with Gasteiger partial charge in [-0.05, 0) is 50.2 Å². The van der Waals surface area contributed by atoms with Gasteiger partial charge in [0.25, 0.3) is 5.56 Å². The average molecular weight is 414 g/mol. The summed E-state index contributed by atoms with van der Waals surface area (Å²) in [6.07, 6.45) is 0.395. The number of carbonyl (C=O) groups excluding carboxylic acids is 1. The van der Waals surface area contributed by atoms with Gasteiger partial charge in [-0.3, -0.25) is 9.59 Å². The van der Waals surface area contributed by atoms with Crippen LogP contribution in [-0.4, -0.2) is 25.8 Å². The highest BCUT2D eigenvalue weighted by Crippen LogP contribution is 2.19. The zero-order chi connectivity index (χ0) is 21.8. The molecule has 4 aromatic rings. The van der Waals surface area contributed by atoms with E-state index in [-0.39, 0.29) is 24.3 Å². The van der Waals surface area contributed by atoms with Crippen LogP contribution in [-0.2, 0) is 11.2 Å². The summed E-state index contributed by atoms with van der Waals surface area (Å²) in [5.41, 5.74) is 4.59. The Morgan fingerprint density at radius 1 is 0.935 bits per heavy atom. The van der Waals surface area contributed by atoms with Crippen molar-refractivity contribution >= 4 is 34.3 Å². The minimum Gasteiger partial charge on any atom is -0.326 e. The molecule has 0 fully saturated rings. The van der Waals surface area contributed by atoms with Gasteiger partial charge < -0.3 is 15.6 Å². The van der Waals surface area contributed by atoms with E-state index in [2.05, 4.69) is 30.6 Å². The fourth-order valence-corrected chi connectivity index (χ4v) is 3.28. The van der Waals surface area contributed by atoms with Crippen LogP contribution >= 0.6 is 0 Å². The Labute approximate surface area is 178 Å². The molecule has 0 aliphatic heterocycles. The molecule has 2 aromatic carbocycles. The highest BCUT2D eigenvalue weighted by Gasteiger charge is 2.09. The fraction of sp³-hybridized carbons (Fsp3) is 0.174. The zero-order valence-electron chi connectivity index (χ0n) is 17.3. The first-order valence-corrected chi connectivity index (χ1v) is 9.93. The van der Waals surface area contributed by atoms with Gasteiger partial charge in [0.15, 0.2) is 0 Å². The summed E-state index contributed by atoms with van der Waals surface area (Å²) in [4.78, 5) is 40.5. The Kier molecular flexibility index (Phi) is 5.70. The number of aromatic nitrogens is 4. The lowest BCUT2D eigenvalue weighted by atomic mass is 10.2. The van der Waals surface area contributed by atoms with Crippen molar-refractivity contribution in [3.8, 4) is 0 Å². The number of nitrogens with zero attached hydrogens (tertiary/aromatic N) is 3. The molecule has 0 unspecified atom stereocenters. The van der Waals surface area contributed by atoms with Crippen molar-refractivity contribution < 1.29 is 4.79 Å². The molecule has 0 spiro atoms.